The zero-order valence-electron chi connectivity index (χ0n) is 12.8. The Balaban J connectivity index is 2.51. The van der Waals surface area contributed by atoms with Crippen LogP contribution in [0.25, 0.3) is 0 Å². The number of benzene rings is 1. The number of carbonyl (C=O) groups excluding carboxylic acids is 2. The van der Waals surface area contributed by atoms with Crippen molar-refractivity contribution in [2.45, 2.75) is 27.7 Å². The number of allylic oxidation sites excluding steroid dienone is 1. The summed E-state index contributed by atoms with van der Waals surface area (Å²) in [6.07, 6.45) is 3.89. The first-order chi connectivity index (χ1) is 9.86. The molecular formula is C17H20O4. The zero-order valence-corrected chi connectivity index (χ0v) is 12.8. The second-order valence-electron chi connectivity index (χ2n) is 4.99. The van der Waals surface area contributed by atoms with Crippen molar-refractivity contribution in [2.24, 2.45) is 0 Å². The van der Waals surface area contributed by atoms with E-state index >= 15 is 0 Å². The lowest BCUT2D eigenvalue weighted by Crippen LogP contribution is -2.07. The van der Waals surface area contributed by atoms with Crippen molar-refractivity contribution >= 4 is 11.9 Å². The van der Waals surface area contributed by atoms with Crippen LogP contribution in [0.1, 0.15) is 25.0 Å². The number of aryl methyl sites for hydroxylation is 2. The Hall–Kier alpha value is -2.36. The lowest BCUT2D eigenvalue weighted by molar-refractivity contribution is -0.137. The van der Waals surface area contributed by atoms with Crippen LogP contribution in [0.3, 0.4) is 0 Å². The maximum atomic E-state index is 11.6. The predicted octanol–water partition coefficient (Wildman–Crippen LogP) is 3.27. The van der Waals surface area contributed by atoms with E-state index in [2.05, 4.69) is 0 Å². The van der Waals surface area contributed by atoms with Gasteiger partial charge in [0.1, 0.15) is 12.4 Å². The molecule has 0 amide bonds. The molecule has 0 aliphatic carbocycles. The summed E-state index contributed by atoms with van der Waals surface area (Å²) >= 11 is 0. The quantitative estimate of drug-likeness (QED) is 0.361. The minimum Gasteiger partial charge on any atom is -0.458 e. The van der Waals surface area contributed by atoms with Crippen LogP contribution >= 0.6 is 0 Å². The average molecular weight is 288 g/mol. The third kappa shape index (κ3) is 7.11. The van der Waals surface area contributed by atoms with E-state index in [0.29, 0.717) is 5.75 Å². The first kappa shape index (κ1) is 16.7. The van der Waals surface area contributed by atoms with E-state index in [-0.39, 0.29) is 6.61 Å². The molecule has 0 fully saturated rings. The molecule has 0 aliphatic rings. The SMILES string of the molecule is CC(C)=CCOC(=O)/C=C/C(=O)Oc1cc(C)cc(C)c1. The maximum absolute atomic E-state index is 11.6. The first-order valence-electron chi connectivity index (χ1n) is 6.65. The Kier molecular flexibility index (Phi) is 6.40. The van der Waals surface area contributed by atoms with Gasteiger partial charge in [-0.3, -0.25) is 0 Å². The normalized spacial score (nSPS) is 10.3. The van der Waals surface area contributed by atoms with Crippen molar-refractivity contribution in [1.82, 2.24) is 0 Å². The van der Waals surface area contributed by atoms with Gasteiger partial charge in [-0.25, -0.2) is 9.59 Å². The lowest BCUT2D eigenvalue weighted by atomic mass is 10.1. The highest BCUT2D eigenvalue weighted by molar-refractivity contribution is 5.92. The van der Waals surface area contributed by atoms with Crippen LogP contribution < -0.4 is 4.74 Å². The monoisotopic (exact) mass is 288 g/mol. The molecule has 112 valence electrons. The van der Waals surface area contributed by atoms with Crippen molar-refractivity contribution in [3.8, 4) is 5.75 Å². The van der Waals surface area contributed by atoms with Crippen LogP contribution in [0.2, 0.25) is 0 Å². The fourth-order valence-corrected chi connectivity index (χ4v) is 1.62. The molecule has 4 nitrogen and oxygen atoms in total. The van der Waals surface area contributed by atoms with Crippen LogP contribution in [-0.2, 0) is 14.3 Å². The van der Waals surface area contributed by atoms with Gasteiger partial charge in [-0.15, -0.1) is 0 Å². The number of carbonyl (C=O) groups is 2. The Morgan fingerprint density at radius 2 is 1.57 bits per heavy atom. The van der Waals surface area contributed by atoms with Gasteiger partial charge in [0.2, 0.25) is 0 Å². The van der Waals surface area contributed by atoms with Crippen LogP contribution in [0.15, 0.2) is 42.0 Å². The summed E-state index contributed by atoms with van der Waals surface area (Å²) in [4.78, 5) is 22.9. The second kappa shape index (κ2) is 8.04. The molecule has 4 heteroatoms. The first-order valence-corrected chi connectivity index (χ1v) is 6.65. The average Bonchev–Trinajstić information content (AvgIpc) is 2.34. The fraction of sp³-hybridized carbons (Fsp3) is 0.294. The van der Waals surface area contributed by atoms with Gasteiger partial charge in [0, 0.05) is 12.2 Å². The summed E-state index contributed by atoms with van der Waals surface area (Å²) in [5.41, 5.74) is 3.06. The number of ether oxygens (including phenoxy) is 2. The van der Waals surface area contributed by atoms with Gasteiger partial charge < -0.3 is 9.47 Å². The van der Waals surface area contributed by atoms with E-state index in [0.717, 1.165) is 28.9 Å². The lowest BCUT2D eigenvalue weighted by Gasteiger charge is -2.04. The molecule has 1 aromatic carbocycles. The Labute approximate surface area is 125 Å². The molecule has 0 bridgehead atoms. The van der Waals surface area contributed by atoms with Crippen molar-refractivity contribution in [2.75, 3.05) is 6.61 Å². The largest absolute Gasteiger partial charge is 0.458 e. The van der Waals surface area contributed by atoms with Crippen LogP contribution in [-0.4, -0.2) is 18.5 Å². The van der Waals surface area contributed by atoms with E-state index in [1.54, 1.807) is 18.2 Å². The highest BCUT2D eigenvalue weighted by Gasteiger charge is 2.03. The van der Waals surface area contributed by atoms with Crippen molar-refractivity contribution in [3.05, 3.63) is 53.1 Å². The van der Waals surface area contributed by atoms with E-state index in [1.165, 1.54) is 0 Å². The molecule has 1 aromatic rings. The highest BCUT2D eigenvalue weighted by Crippen LogP contribution is 2.16. The summed E-state index contributed by atoms with van der Waals surface area (Å²) < 4.78 is 10.0. The number of rotatable bonds is 5. The third-order valence-electron chi connectivity index (χ3n) is 2.49. The maximum Gasteiger partial charge on any atom is 0.336 e. The molecule has 0 aromatic heterocycles. The summed E-state index contributed by atoms with van der Waals surface area (Å²) in [6.45, 7) is 7.84. The molecule has 1 rings (SSSR count). The van der Waals surface area contributed by atoms with Crippen LogP contribution in [0, 0.1) is 13.8 Å². The van der Waals surface area contributed by atoms with Gasteiger partial charge in [0.15, 0.2) is 0 Å². The van der Waals surface area contributed by atoms with Gasteiger partial charge in [0.05, 0.1) is 0 Å². The molecule has 0 unspecified atom stereocenters. The van der Waals surface area contributed by atoms with E-state index in [9.17, 15) is 9.59 Å². The van der Waals surface area contributed by atoms with Crippen LogP contribution in [0.4, 0.5) is 0 Å². The summed E-state index contributed by atoms with van der Waals surface area (Å²) in [7, 11) is 0. The van der Waals surface area contributed by atoms with E-state index in [4.69, 9.17) is 9.47 Å². The van der Waals surface area contributed by atoms with Crippen molar-refractivity contribution in [1.29, 1.82) is 0 Å². The Bertz CT molecular complexity index is 558. The van der Waals surface area contributed by atoms with Gasteiger partial charge >= 0.3 is 11.9 Å². The number of esters is 2. The fourth-order valence-electron chi connectivity index (χ4n) is 1.62. The summed E-state index contributed by atoms with van der Waals surface area (Å²) in [5.74, 6) is -0.732. The second-order valence-corrected chi connectivity index (χ2v) is 4.99. The molecule has 0 atom stereocenters. The number of hydrogen-bond donors (Lipinski definition) is 0. The molecule has 0 N–H and O–H groups in total. The standard InChI is InChI=1S/C17H20O4/c1-12(2)7-8-20-16(18)5-6-17(19)21-15-10-13(3)9-14(4)11-15/h5-7,9-11H,8H2,1-4H3/b6-5+. The van der Waals surface area contributed by atoms with E-state index < -0.39 is 11.9 Å². The highest BCUT2D eigenvalue weighted by atomic mass is 16.5. The molecule has 0 saturated heterocycles. The molecule has 0 saturated carbocycles. The van der Waals surface area contributed by atoms with Gasteiger partial charge in [-0.1, -0.05) is 11.6 Å². The summed E-state index contributed by atoms with van der Waals surface area (Å²) in [6, 6.07) is 5.49. The van der Waals surface area contributed by atoms with Crippen molar-refractivity contribution in [3.63, 3.8) is 0 Å². The Morgan fingerprint density at radius 3 is 2.14 bits per heavy atom. The number of hydrogen-bond acceptors (Lipinski definition) is 4. The third-order valence-corrected chi connectivity index (χ3v) is 2.49. The van der Waals surface area contributed by atoms with Gasteiger partial charge in [-0.05, 0) is 57.0 Å². The molecule has 0 spiro atoms. The molecule has 0 radical (unpaired) electrons. The van der Waals surface area contributed by atoms with Crippen LogP contribution in [0.5, 0.6) is 5.75 Å². The Morgan fingerprint density at radius 1 is 1.00 bits per heavy atom. The smallest absolute Gasteiger partial charge is 0.336 e. The zero-order chi connectivity index (χ0) is 15.8. The van der Waals surface area contributed by atoms with Crippen molar-refractivity contribution < 1.29 is 19.1 Å². The topological polar surface area (TPSA) is 52.6 Å². The minimum atomic E-state index is -0.612. The minimum absolute atomic E-state index is 0.192. The van der Waals surface area contributed by atoms with Gasteiger partial charge in [-0.2, -0.15) is 0 Å². The summed E-state index contributed by atoms with van der Waals surface area (Å²) in [5, 5.41) is 0. The molecule has 21 heavy (non-hydrogen) atoms. The van der Waals surface area contributed by atoms with Gasteiger partial charge in [0.25, 0.3) is 0 Å². The van der Waals surface area contributed by atoms with E-state index in [1.807, 2.05) is 33.8 Å². The molecule has 0 heterocycles. The molecule has 0 aliphatic heterocycles. The predicted molar refractivity (Wildman–Crippen MR) is 81.1 cm³/mol. The molecular weight excluding hydrogens is 268 g/mol.